The quantitative estimate of drug-likeness (QED) is 0.216. The lowest BCUT2D eigenvalue weighted by Gasteiger charge is -2.26. The highest BCUT2D eigenvalue weighted by molar-refractivity contribution is 6.36. The topological polar surface area (TPSA) is 87.7 Å². The van der Waals surface area contributed by atoms with E-state index < -0.39 is 5.97 Å². The molecule has 0 fully saturated rings. The fourth-order valence-electron chi connectivity index (χ4n) is 4.26. The highest BCUT2D eigenvalue weighted by Crippen LogP contribution is 2.36. The lowest BCUT2D eigenvalue weighted by molar-refractivity contribution is -0.136. The van der Waals surface area contributed by atoms with E-state index in [1.54, 1.807) is 18.2 Å². The average Bonchev–Trinajstić information content (AvgIpc) is 2.87. The van der Waals surface area contributed by atoms with E-state index in [0.717, 1.165) is 40.1 Å². The summed E-state index contributed by atoms with van der Waals surface area (Å²) < 4.78 is 6.26. The molecule has 8 heteroatoms. The van der Waals surface area contributed by atoms with Crippen LogP contribution in [0.3, 0.4) is 0 Å². The molecule has 0 radical (unpaired) electrons. The summed E-state index contributed by atoms with van der Waals surface area (Å²) in [5.41, 5.74) is 5.49. The molecule has 2 unspecified atom stereocenters. The van der Waals surface area contributed by atoms with Crippen molar-refractivity contribution in [2.24, 2.45) is 5.92 Å². The van der Waals surface area contributed by atoms with E-state index in [-0.39, 0.29) is 24.9 Å². The number of carbonyl (C=O) groups is 2. The van der Waals surface area contributed by atoms with Gasteiger partial charge >= 0.3 is 5.97 Å². The van der Waals surface area contributed by atoms with Gasteiger partial charge < -0.3 is 20.5 Å². The Kier molecular flexibility index (Phi) is 10.5. The van der Waals surface area contributed by atoms with Crippen molar-refractivity contribution in [3.63, 3.8) is 0 Å². The van der Waals surface area contributed by atoms with Gasteiger partial charge in [-0.1, -0.05) is 49.5 Å². The standard InChI is InChI=1S/C30H34Cl2N2O4/c1-5-18(2)27(34-23-9-6-21(7-10-23)30(37)33-13-12-28(35)36)17-38-24-14-19(3)29(20(4)15-24)25-11-8-22(31)16-26(25)32/h6-11,14-16,18,27,34H,5,12-13,17H2,1-4H3,(H,33,37)(H,35,36). The second-order valence-electron chi connectivity index (χ2n) is 9.48. The molecule has 0 bridgehead atoms. The van der Waals surface area contributed by atoms with Crippen molar-refractivity contribution in [1.82, 2.24) is 5.32 Å². The SMILES string of the molecule is CCC(C)C(COc1cc(C)c(-c2ccc(Cl)cc2Cl)c(C)c1)Nc1ccc(C(=O)NCCC(=O)O)cc1. The summed E-state index contributed by atoms with van der Waals surface area (Å²) in [6.07, 6.45) is 0.857. The van der Waals surface area contributed by atoms with Gasteiger partial charge in [0.25, 0.3) is 5.91 Å². The first kappa shape index (κ1) is 29.3. The van der Waals surface area contributed by atoms with Gasteiger partial charge in [0.1, 0.15) is 12.4 Å². The second-order valence-corrected chi connectivity index (χ2v) is 10.3. The Bertz CT molecular complexity index is 1250. The van der Waals surface area contributed by atoms with Gasteiger partial charge in [-0.25, -0.2) is 0 Å². The van der Waals surface area contributed by atoms with E-state index in [0.29, 0.717) is 28.1 Å². The Balaban J connectivity index is 1.68. The molecule has 0 heterocycles. The molecule has 1 amide bonds. The number of amides is 1. The van der Waals surface area contributed by atoms with Crippen LogP contribution in [0.2, 0.25) is 10.0 Å². The van der Waals surface area contributed by atoms with Gasteiger partial charge in [0, 0.05) is 33.4 Å². The minimum Gasteiger partial charge on any atom is -0.491 e. The molecule has 0 spiro atoms. The number of hydrogen-bond acceptors (Lipinski definition) is 4. The Labute approximate surface area is 234 Å². The largest absolute Gasteiger partial charge is 0.491 e. The smallest absolute Gasteiger partial charge is 0.305 e. The normalized spacial score (nSPS) is 12.5. The van der Waals surface area contributed by atoms with Crippen LogP contribution in [0.1, 0.15) is 48.2 Å². The Morgan fingerprint density at radius 2 is 1.66 bits per heavy atom. The zero-order valence-corrected chi connectivity index (χ0v) is 23.6. The maximum Gasteiger partial charge on any atom is 0.305 e. The molecule has 0 aliphatic carbocycles. The molecule has 0 aliphatic heterocycles. The third-order valence-corrected chi connectivity index (χ3v) is 7.14. The molecule has 0 saturated carbocycles. The molecule has 0 saturated heterocycles. The number of aliphatic carboxylic acids is 1. The fraction of sp³-hybridized carbons (Fsp3) is 0.333. The highest BCUT2D eigenvalue weighted by Gasteiger charge is 2.18. The van der Waals surface area contributed by atoms with Crippen molar-refractivity contribution in [3.05, 3.63) is 81.3 Å². The number of anilines is 1. The number of rotatable bonds is 12. The summed E-state index contributed by atoms with van der Waals surface area (Å²) in [7, 11) is 0. The molecule has 3 rings (SSSR count). The van der Waals surface area contributed by atoms with Crippen LogP contribution >= 0.6 is 23.2 Å². The number of aryl methyl sites for hydroxylation is 2. The van der Waals surface area contributed by atoms with Crippen molar-refractivity contribution in [2.45, 2.75) is 46.6 Å². The molecule has 3 aromatic carbocycles. The number of benzene rings is 3. The molecule has 0 aliphatic rings. The summed E-state index contributed by atoms with van der Waals surface area (Å²) in [4.78, 5) is 22.9. The summed E-state index contributed by atoms with van der Waals surface area (Å²) in [6.45, 7) is 8.96. The van der Waals surface area contributed by atoms with Crippen LogP contribution in [0.25, 0.3) is 11.1 Å². The van der Waals surface area contributed by atoms with E-state index in [2.05, 4.69) is 24.5 Å². The Morgan fingerprint density at radius 1 is 1.00 bits per heavy atom. The van der Waals surface area contributed by atoms with Crippen LogP contribution in [0.4, 0.5) is 5.69 Å². The maximum atomic E-state index is 12.2. The first-order valence-electron chi connectivity index (χ1n) is 12.6. The van der Waals surface area contributed by atoms with Crippen LogP contribution in [0.15, 0.2) is 54.6 Å². The van der Waals surface area contributed by atoms with Crippen LogP contribution in [-0.4, -0.2) is 36.2 Å². The average molecular weight is 558 g/mol. The fourth-order valence-corrected chi connectivity index (χ4v) is 4.76. The zero-order chi connectivity index (χ0) is 27.8. The van der Waals surface area contributed by atoms with Gasteiger partial charge in [-0.2, -0.15) is 0 Å². The van der Waals surface area contributed by atoms with Gasteiger partial charge in [-0.05, 0) is 85.0 Å². The molecule has 0 aromatic heterocycles. The second kappa shape index (κ2) is 13.5. The van der Waals surface area contributed by atoms with Crippen molar-refractivity contribution < 1.29 is 19.4 Å². The minimum atomic E-state index is -0.949. The number of halogens is 2. The molecular formula is C30H34Cl2N2O4. The molecule has 3 N–H and O–H groups in total. The van der Waals surface area contributed by atoms with E-state index in [1.807, 2.05) is 50.2 Å². The first-order valence-corrected chi connectivity index (χ1v) is 13.4. The van der Waals surface area contributed by atoms with Crippen molar-refractivity contribution >= 4 is 40.8 Å². The monoisotopic (exact) mass is 556 g/mol. The lowest BCUT2D eigenvalue weighted by atomic mass is 9.95. The van der Waals surface area contributed by atoms with Gasteiger partial charge in [0.15, 0.2) is 0 Å². The number of carbonyl (C=O) groups excluding carboxylic acids is 1. The number of nitrogens with one attached hydrogen (secondary N) is 2. The molecule has 38 heavy (non-hydrogen) atoms. The molecule has 6 nitrogen and oxygen atoms in total. The van der Waals surface area contributed by atoms with Gasteiger partial charge in [0.05, 0.1) is 12.5 Å². The number of carboxylic acid groups (broad SMARTS) is 1. The summed E-state index contributed by atoms with van der Waals surface area (Å²) in [5.74, 6) is -0.121. The Hall–Kier alpha value is -3.22. The predicted molar refractivity (Wildman–Crippen MR) is 155 cm³/mol. The minimum absolute atomic E-state index is 0.0428. The zero-order valence-electron chi connectivity index (χ0n) is 22.1. The van der Waals surface area contributed by atoms with Crippen LogP contribution in [0, 0.1) is 19.8 Å². The highest BCUT2D eigenvalue weighted by atomic mass is 35.5. The van der Waals surface area contributed by atoms with E-state index in [9.17, 15) is 9.59 Å². The van der Waals surface area contributed by atoms with Crippen LogP contribution < -0.4 is 15.4 Å². The van der Waals surface area contributed by atoms with Gasteiger partial charge in [0.2, 0.25) is 0 Å². The number of ether oxygens (including phenoxy) is 1. The van der Waals surface area contributed by atoms with E-state index >= 15 is 0 Å². The summed E-state index contributed by atoms with van der Waals surface area (Å²) in [5, 5.41) is 16.1. The third kappa shape index (κ3) is 7.89. The third-order valence-electron chi connectivity index (χ3n) is 6.59. The summed E-state index contributed by atoms with van der Waals surface area (Å²) >= 11 is 12.6. The van der Waals surface area contributed by atoms with Crippen molar-refractivity contribution in [3.8, 4) is 16.9 Å². The predicted octanol–water partition coefficient (Wildman–Crippen LogP) is 7.39. The Morgan fingerprint density at radius 3 is 2.24 bits per heavy atom. The van der Waals surface area contributed by atoms with Crippen molar-refractivity contribution in [1.29, 1.82) is 0 Å². The van der Waals surface area contributed by atoms with Crippen LogP contribution in [0.5, 0.6) is 5.75 Å². The molecule has 202 valence electrons. The summed E-state index contributed by atoms with van der Waals surface area (Å²) in [6, 6.07) is 16.8. The molecule has 3 aromatic rings. The lowest BCUT2D eigenvalue weighted by Crippen LogP contribution is -2.33. The molecular weight excluding hydrogens is 523 g/mol. The van der Waals surface area contributed by atoms with Gasteiger partial charge in [-0.15, -0.1) is 0 Å². The van der Waals surface area contributed by atoms with Crippen LogP contribution in [-0.2, 0) is 4.79 Å². The maximum absolute atomic E-state index is 12.2. The number of carboxylic acids is 1. The molecule has 2 atom stereocenters. The first-order chi connectivity index (χ1) is 18.1. The van der Waals surface area contributed by atoms with E-state index in [1.165, 1.54) is 0 Å². The number of hydrogen-bond donors (Lipinski definition) is 3. The van der Waals surface area contributed by atoms with Gasteiger partial charge in [-0.3, -0.25) is 9.59 Å². The van der Waals surface area contributed by atoms with Crippen molar-refractivity contribution in [2.75, 3.05) is 18.5 Å². The van der Waals surface area contributed by atoms with E-state index in [4.69, 9.17) is 33.0 Å².